The molecule has 0 unspecified atom stereocenters. The third kappa shape index (κ3) is 2.46. The van der Waals surface area contributed by atoms with Crippen LogP contribution in [0.15, 0.2) is 36.4 Å². The lowest BCUT2D eigenvalue weighted by molar-refractivity contribution is -0.137. The summed E-state index contributed by atoms with van der Waals surface area (Å²) in [4.78, 5) is 12.2. The van der Waals surface area contributed by atoms with Crippen molar-refractivity contribution in [1.29, 1.82) is 0 Å². The SMILES string of the molecule is Cc1c2n(c3c(-c4ccc(C(F)(F)F)cc4)cc(F)cc13)CCNC2=O. The van der Waals surface area contributed by atoms with Gasteiger partial charge in [-0.15, -0.1) is 0 Å². The molecule has 0 saturated carbocycles. The fourth-order valence-corrected chi connectivity index (χ4v) is 3.56. The van der Waals surface area contributed by atoms with Gasteiger partial charge in [-0.2, -0.15) is 13.2 Å². The standard InChI is InChI=1S/C19H14F4N2O/c1-10-14-8-13(20)9-15(11-2-4-12(5-3-11)19(21,22)23)17(14)25-7-6-24-18(26)16(10)25/h2-5,8-9H,6-7H2,1H3,(H,24,26). The molecule has 1 amide bonds. The van der Waals surface area contributed by atoms with Gasteiger partial charge in [-0.05, 0) is 42.3 Å². The predicted octanol–water partition coefficient (Wildman–Crippen LogP) is 4.52. The Balaban J connectivity index is 1.98. The maximum Gasteiger partial charge on any atom is 0.416 e. The molecule has 26 heavy (non-hydrogen) atoms. The highest BCUT2D eigenvalue weighted by atomic mass is 19.4. The zero-order valence-corrected chi connectivity index (χ0v) is 13.7. The Morgan fingerprint density at radius 2 is 1.81 bits per heavy atom. The predicted molar refractivity (Wildman–Crippen MR) is 89.4 cm³/mol. The normalized spacial score (nSPS) is 14.4. The molecular formula is C19H14F4N2O. The summed E-state index contributed by atoms with van der Waals surface area (Å²) < 4.78 is 54.4. The zero-order valence-electron chi connectivity index (χ0n) is 13.7. The van der Waals surface area contributed by atoms with Crippen molar-refractivity contribution in [3.63, 3.8) is 0 Å². The molecular weight excluding hydrogens is 348 g/mol. The molecule has 4 rings (SSSR count). The van der Waals surface area contributed by atoms with Gasteiger partial charge < -0.3 is 9.88 Å². The topological polar surface area (TPSA) is 34.0 Å². The lowest BCUT2D eigenvalue weighted by Gasteiger charge is -2.18. The second-order valence-electron chi connectivity index (χ2n) is 6.31. The number of carbonyl (C=O) groups is 1. The largest absolute Gasteiger partial charge is 0.416 e. The summed E-state index contributed by atoms with van der Waals surface area (Å²) in [7, 11) is 0. The number of benzene rings is 2. The quantitative estimate of drug-likeness (QED) is 0.635. The molecule has 0 atom stereocenters. The zero-order chi connectivity index (χ0) is 18.6. The van der Waals surface area contributed by atoms with Crippen LogP contribution in [0.1, 0.15) is 21.6 Å². The van der Waals surface area contributed by atoms with Crippen LogP contribution in [0.4, 0.5) is 17.6 Å². The first kappa shape index (κ1) is 16.6. The van der Waals surface area contributed by atoms with Gasteiger partial charge in [0.15, 0.2) is 0 Å². The maximum atomic E-state index is 14.2. The van der Waals surface area contributed by atoms with E-state index in [1.807, 2.05) is 4.57 Å². The first-order valence-corrected chi connectivity index (χ1v) is 8.05. The van der Waals surface area contributed by atoms with E-state index < -0.39 is 17.6 Å². The molecule has 1 aliphatic heterocycles. The Hall–Kier alpha value is -2.83. The Morgan fingerprint density at radius 1 is 1.12 bits per heavy atom. The lowest BCUT2D eigenvalue weighted by Crippen LogP contribution is -2.35. The number of alkyl halides is 3. The maximum absolute atomic E-state index is 14.2. The second kappa shape index (κ2) is 5.59. The monoisotopic (exact) mass is 362 g/mol. The molecule has 134 valence electrons. The van der Waals surface area contributed by atoms with E-state index in [4.69, 9.17) is 0 Å². The summed E-state index contributed by atoms with van der Waals surface area (Å²) in [6.45, 7) is 2.71. The molecule has 0 aliphatic carbocycles. The number of aryl methyl sites for hydroxylation is 1. The van der Waals surface area contributed by atoms with Crippen LogP contribution >= 0.6 is 0 Å². The fourth-order valence-electron chi connectivity index (χ4n) is 3.56. The number of halogens is 4. The number of rotatable bonds is 1. The van der Waals surface area contributed by atoms with Crippen molar-refractivity contribution in [3.8, 4) is 11.1 Å². The Morgan fingerprint density at radius 3 is 2.46 bits per heavy atom. The molecule has 7 heteroatoms. The smallest absolute Gasteiger partial charge is 0.349 e. The molecule has 2 heterocycles. The highest BCUT2D eigenvalue weighted by Gasteiger charge is 2.30. The average Bonchev–Trinajstić information content (AvgIpc) is 2.87. The summed E-state index contributed by atoms with van der Waals surface area (Å²) in [6, 6.07) is 7.27. The van der Waals surface area contributed by atoms with Gasteiger partial charge in [-0.3, -0.25) is 4.79 Å². The summed E-state index contributed by atoms with van der Waals surface area (Å²) in [5, 5.41) is 3.35. The summed E-state index contributed by atoms with van der Waals surface area (Å²) in [5.41, 5.74) is 1.96. The Kier molecular flexibility index (Phi) is 3.57. The second-order valence-corrected chi connectivity index (χ2v) is 6.31. The highest BCUT2D eigenvalue weighted by molar-refractivity contribution is 6.06. The molecule has 1 N–H and O–H groups in total. The minimum absolute atomic E-state index is 0.233. The van der Waals surface area contributed by atoms with Gasteiger partial charge in [0.25, 0.3) is 5.91 Å². The van der Waals surface area contributed by atoms with Crippen molar-refractivity contribution in [2.75, 3.05) is 6.54 Å². The first-order valence-electron chi connectivity index (χ1n) is 8.05. The van der Waals surface area contributed by atoms with Gasteiger partial charge in [0.05, 0.1) is 11.1 Å². The fraction of sp³-hybridized carbons (Fsp3) is 0.211. The molecule has 1 aliphatic rings. The minimum atomic E-state index is -4.43. The lowest BCUT2D eigenvalue weighted by atomic mass is 10.00. The number of hydrogen-bond donors (Lipinski definition) is 1. The van der Waals surface area contributed by atoms with Crippen LogP contribution in [0.2, 0.25) is 0 Å². The average molecular weight is 362 g/mol. The molecule has 2 aromatic carbocycles. The molecule has 0 bridgehead atoms. The van der Waals surface area contributed by atoms with E-state index in [0.717, 1.165) is 12.1 Å². The molecule has 3 aromatic rings. The number of nitrogens with one attached hydrogen (secondary N) is 1. The van der Waals surface area contributed by atoms with Crippen LogP contribution in [0, 0.1) is 12.7 Å². The van der Waals surface area contributed by atoms with Crippen molar-refractivity contribution < 1.29 is 22.4 Å². The van der Waals surface area contributed by atoms with Crippen LogP contribution in [-0.4, -0.2) is 17.0 Å². The van der Waals surface area contributed by atoms with Crippen molar-refractivity contribution in [2.24, 2.45) is 0 Å². The van der Waals surface area contributed by atoms with Gasteiger partial charge >= 0.3 is 6.18 Å². The number of amides is 1. The van der Waals surface area contributed by atoms with Crippen LogP contribution in [0.5, 0.6) is 0 Å². The third-order valence-electron chi connectivity index (χ3n) is 4.73. The van der Waals surface area contributed by atoms with Crippen LogP contribution in [0.25, 0.3) is 22.0 Å². The van der Waals surface area contributed by atoms with E-state index >= 15 is 0 Å². The minimum Gasteiger partial charge on any atom is -0.349 e. The van der Waals surface area contributed by atoms with Crippen molar-refractivity contribution in [3.05, 3.63) is 59.0 Å². The van der Waals surface area contributed by atoms with E-state index in [0.29, 0.717) is 46.4 Å². The van der Waals surface area contributed by atoms with Gasteiger partial charge in [-0.1, -0.05) is 12.1 Å². The Labute approximate surface area is 146 Å². The van der Waals surface area contributed by atoms with Crippen LogP contribution < -0.4 is 5.32 Å². The molecule has 0 spiro atoms. The number of hydrogen-bond acceptors (Lipinski definition) is 1. The van der Waals surface area contributed by atoms with Crippen molar-refractivity contribution in [1.82, 2.24) is 9.88 Å². The Bertz CT molecular complexity index is 1030. The number of carbonyl (C=O) groups excluding carboxylic acids is 1. The highest BCUT2D eigenvalue weighted by Crippen LogP contribution is 2.37. The van der Waals surface area contributed by atoms with Gasteiger partial charge in [-0.25, -0.2) is 4.39 Å². The molecule has 3 nitrogen and oxygen atoms in total. The third-order valence-corrected chi connectivity index (χ3v) is 4.73. The molecule has 0 radical (unpaired) electrons. The van der Waals surface area contributed by atoms with E-state index in [1.54, 1.807) is 6.92 Å². The van der Waals surface area contributed by atoms with E-state index in [-0.39, 0.29) is 5.91 Å². The van der Waals surface area contributed by atoms with Gasteiger partial charge in [0.2, 0.25) is 0 Å². The van der Waals surface area contributed by atoms with Gasteiger partial charge in [0.1, 0.15) is 11.5 Å². The summed E-state index contributed by atoms with van der Waals surface area (Å²) in [6.07, 6.45) is -4.43. The number of nitrogens with zero attached hydrogens (tertiary/aromatic N) is 1. The summed E-state index contributed by atoms with van der Waals surface area (Å²) in [5.74, 6) is -0.734. The van der Waals surface area contributed by atoms with Crippen molar-refractivity contribution in [2.45, 2.75) is 19.6 Å². The summed E-state index contributed by atoms with van der Waals surface area (Å²) >= 11 is 0. The van der Waals surface area contributed by atoms with E-state index in [1.165, 1.54) is 24.3 Å². The van der Waals surface area contributed by atoms with E-state index in [2.05, 4.69) is 5.32 Å². The molecule has 0 fully saturated rings. The van der Waals surface area contributed by atoms with Gasteiger partial charge in [0, 0.05) is 24.0 Å². The van der Waals surface area contributed by atoms with E-state index in [9.17, 15) is 22.4 Å². The molecule has 1 aromatic heterocycles. The number of aromatic nitrogens is 1. The van der Waals surface area contributed by atoms with Crippen molar-refractivity contribution >= 4 is 16.8 Å². The van der Waals surface area contributed by atoms with Crippen LogP contribution in [-0.2, 0) is 12.7 Å². The molecule has 0 saturated heterocycles. The number of fused-ring (bicyclic) bond motifs is 3. The first-order chi connectivity index (χ1) is 12.3. The van der Waals surface area contributed by atoms with Crippen LogP contribution in [0.3, 0.4) is 0 Å².